The van der Waals surface area contributed by atoms with Crippen LogP contribution in [-0.4, -0.2) is 4.98 Å². The van der Waals surface area contributed by atoms with Gasteiger partial charge in [-0.3, -0.25) is 4.98 Å². The first-order valence-electron chi connectivity index (χ1n) is 10.2. The van der Waals surface area contributed by atoms with Gasteiger partial charge in [0, 0.05) is 35.5 Å². The lowest BCUT2D eigenvalue weighted by atomic mass is 10.00. The molecule has 0 amide bonds. The number of halogens is 2. The first-order valence-corrected chi connectivity index (χ1v) is 9.69. The molecule has 0 saturated carbocycles. The van der Waals surface area contributed by atoms with Gasteiger partial charge in [0.2, 0.25) is 0 Å². The minimum absolute atomic E-state index is 0.316. The summed E-state index contributed by atoms with van der Waals surface area (Å²) in [5.74, 6) is -1.97. The SMILES string of the molecule is [2H]C(C)(C)c1ccnc(-c2cccc3c2oc2cc(-c4ccc(F)cc4F)ccc23)c1. The number of nitrogens with zero attached hydrogens (tertiary/aromatic N) is 1. The summed E-state index contributed by atoms with van der Waals surface area (Å²) in [7, 11) is 0. The van der Waals surface area contributed by atoms with Crippen LogP contribution in [0.5, 0.6) is 0 Å². The molecule has 0 aliphatic carbocycles. The molecule has 0 radical (unpaired) electrons. The monoisotopic (exact) mass is 400 g/mol. The molecule has 0 fully saturated rings. The van der Waals surface area contributed by atoms with Crippen molar-refractivity contribution in [3.63, 3.8) is 0 Å². The maximum atomic E-state index is 14.3. The number of hydrogen-bond donors (Lipinski definition) is 0. The van der Waals surface area contributed by atoms with Crippen molar-refractivity contribution in [2.24, 2.45) is 0 Å². The number of fused-ring (bicyclic) bond motifs is 3. The second kappa shape index (κ2) is 7.06. The molecule has 0 aliphatic heterocycles. The van der Waals surface area contributed by atoms with Gasteiger partial charge in [0.15, 0.2) is 0 Å². The van der Waals surface area contributed by atoms with E-state index in [-0.39, 0.29) is 0 Å². The Hall–Kier alpha value is -3.53. The molecule has 0 saturated heterocycles. The molecule has 0 aliphatic rings. The Bertz CT molecular complexity index is 1450. The highest BCUT2D eigenvalue weighted by atomic mass is 19.1. The number of para-hydroxylation sites is 1. The van der Waals surface area contributed by atoms with Crippen LogP contribution in [0.3, 0.4) is 0 Å². The molecule has 0 unspecified atom stereocenters. The van der Waals surface area contributed by atoms with Crippen molar-refractivity contribution >= 4 is 21.9 Å². The Morgan fingerprint density at radius 3 is 2.57 bits per heavy atom. The molecule has 3 aromatic carbocycles. The quantitative estimate of drug-likeness (QED) is 0.310. The highest BCUT2D eigenvalue weighted by Gasteiger charge is 2.15. The zero-order chi connectivity index (χ0) is 21.8. The van der Waals surface area contributed by atoms with Gasteiger partial charge in [0.05, 0.1) is 5.69 Å². The third kappa shape index (κ3) is 3.05. The number of pyridine rings is 1. The Kier molecular flexibility index (Phi) is 4.08. The highest BCUT2D eigenvalue weighted by molar-refractivity contribution is 6.10. The molecule has 5 aromatic rings. The maximum Gasteiger partial charge on any atom is 0.144 e. The summed E-state index contributed by atoms with van der Waals surface area (Å²) >= 11 is 0. The smallest absolute Gasteiger partial charge is 0.144 e. The molecular formula is C26H19F2NO. The minimum Gasteiger partial charge on any atom is -0.455 e. The van der Waals surface area contributed by atoms with Gasteiger partial charge >= 0.3 is 0 Å². The zero-order valence-corrected chi connectivity index (χ0v) is 16.5. The normalized spacial score (nSPS) is 12.5. The number of hydrogen-bond acceptors (Lipinski definition) is 2. The van der Waals surface area contributed by atoms with Gasteiger partial charge in [-0.25, -0.2) is 8.78 Å². The largest absolute Gasteiger partial charge is 0.455 e. The van der Waals surface area contributed by atoms with Crippen LogP contribution in [-0.2, 0) is 0 Å². The number of furan rings is 1. The standard InChI is InChI=1S/C26H19F2NO/c1-15(2)16-10-11-29-24(12-16)22-5-3-4-21-20-8-6-17(13-25(20)30-26(21)22)19-9-7-18(27)14-23(19)28/h3-15H,1-2H3/i15D. The van der Waals surface area contributed by atoms with Crippen LogP contribution in [0.1, 0.15) is 26.7 Å². The van der Waals surface area contributed by atoms with Crippen LogP contribution in [0.15, 0.2) is 77.3 Å². The summed E-state index contributed by atoms with van der Waals surface area (Å²) in [5.41, 5.74) is 4.64. The average molecular weight is 400 g/mol. The molecule has 30 heavy (non-hydrogen) atoms. The number of benzene rings is 3. The molecule has 148 valence electrons. The summed E-state index contributed by atoms with van der Waals surface area (Å²) in [6.07, 6.45) is 1.71. The summed E-state index contributed by atoms with van der Waals surface area (Å²) in [4.78, 5) is 4.50. The number of aromatic nitrogens is 1. The summed E-state index contributed by atoms with van der Waals surface area (Å²) < 4.78 is 42.1. The third-order valence-electron chi connectivity index (χ3n) is 5.35. The lowest BCUT2D eigenvalue weighted by Gasteiger charge is -2.07. The first kappa shape index (κ1) is 17.3. The van der Waals surface area contributed by atoms with Crippen LogP contribution >= 0.6 is 0 Å². The van der Waals surface area contributed by atoms with E-state index in [2.05, 4.69) is 4.98 Å². The molecule has 2 nitrogen and oxygen atoms in total. The first-order chi connectivity index (χ1) is 14.8. The van der Waals surface area contributed by atoms with E-state index in [1.54, 1.807) is 12.3 Å². The topological polar surface area (TPSA) is 26.0 Å². The van der Waals surface area contributed by atoms with Gasteiger partial charge in [0.1, 0.15) is 22.8 Å². The van der Waals surface area contributed by atoms with Crippen LogP contribution < -0.4 is 0 Å². The zero-order valence-electron chi connectivity index (χ0n) is 17.5. The Labute approximate surface area is 174 Å². The van der Waals surface area contributed by atoms with E-state index in [1.165, 1.54) is 12.1 Å². The Balaban J connectivity index is 1.69. The predicted molar refractivity (Wildman–Crippen MR) is 116 cm³/mol. The molecule has 2 aromatic heterocycles. The van der Waals surface area contributed by atoms with Gasteiger partial charge in [0.25, 0.3) is 0 Å². The van der Waals surface area contributed by atoms with Crippen molar-refractivity contribution in [2.45, 2.75) is 19.7 Å². The Morgan fingerprint density at radius 1 is 0.900 bits per heavy atom. The van der Waals surface area contributed by atoms with E-state index < -0.39 is 17.5 Å². The molecule has 0 atom stereocenters. The molecule has 5 rings (SSSR count). The van der Waals surface area contributed by atoms with E-state index >= 15 is 0 Å². The van der Waals surface area contributed by atoms with Crippen LogP contribution in [0.4, 0.5) is 8.78 Å². The van der Waals surface area contributed by atoms with Crippen molar-refractivity contribution in [3.05, 3.63) is 90.1 Å². The van der Waals surface area contributed by atoms with E-state index in [9.17, 15) is 8.78 Å². The maximum absolute atomic E-state index is 14.3. The summed E-state index contributed by atoms with van der Waals surface area (Å²) in [6, 6.07) is 18.6. The molecular weight excluding hydrogens is 380 g/mol. The number of rotatable bonds is 3. The van der Waals surface area contributed by atoms with Crippen molar-refractivity contribution in [1.82, 2.24) is 4.98 Å². The van der Waals surface area contributed by atoms with E-state index in [4.69, 9.17) is 5.79 Å². The lowest BCUT2D eigenvalue weighted by Crippen LogP contribution is -1.90. The van der Waals surface area contributed by atoms with Gasteiger partial charge in [-0.05, 0) is 59.5 Å². The van der Waals surface area contributed by atoms with E-state index in [0.29, 0.717) is 22.3 Å². The molecule has 0 N–H and O–H groups in total. The van der Waals surface area contributed by atoms with Crippen LogP contribution in [0, 0.1) is 11.6 Å². The lowest BCUT2D eigenvalue weighted by molar-refractivity contribution is 0.585. The molecule has 4 heteroatoms. The second-order valence-corrected chi connectivity index (χ2v) is 7.55. The van der Waals surface area contributed by atoms with Crippen LogP contribution in [0.25, 0.3) is 44.3 Å². The minimum atomic E-state index is -0.742. The fourth-order valence-electron chi connectivity index (χ4n) is 3.78. The van der Waals surface area contributed by atoms with Crippen molar-refractivity contribution in [3.8, 4) is 22.4 Å². The van der Waals surface area contributed by atoms with Crippen molar-refractivity contribution < 1.29 is 14.6 Å². The van der Waals surface area contributed by atoms with Gasteiger partial charge in [-0.15, -0.1) is 0 Å². The van der Waals surface area contributed by atoms with Crippen LogP contribution in [0.2, 0.25) is 0 Å². The van der Waals surface area contributed by atoms with E-state index in [1.807, 2.05) is 56.3 Å². The van der Waals surface area contributed by atoms with Gasteiger partial charge < -0.3 is 4.42 Å². The molecule has 0 bridgehead atoms. The Morgan fingerprint density at radius 2 is 1.77 bits per heavy atom. The van der Waals surface area contributed by atoms with Crippen molar-refractivity contribution in [1.29, 1.82) is 0 Å². The molecule has 2 heterocycles. The predicted octanol–water partition coefficient (Wildman–Crippen LogP) is 7.72. The highest BCUT2D eigenvalue weighted by Crippen LogP contribution is 2.37. The third-order valence-corrected chi connectivity index (χ3v) is 5.35. The summed E-state index contributed by atoms with van der Waals surface area (Å²) in [5, 5.41) is 1.83. The van der Waals surface area contributed by atoms with Gasteiger partial charge in [-0.1, -0.05) is 32.0 Å². The molecule has 0 spiro atoms. The van der Waals surface area contributed by atoms with Crippen molar-refractivity contribution in [2.75, 3.05) is 0 Å². The fraction of sp³-hybridized carbons (Fsp3) is 0.115. The van der Waals surface area contributed by atoms with E-state index in [0.717, 1.165) is 33.7 Å². The fourth-order valence-corrected chi connectivity index (χ4v) is 3.78. The second-order valence-electron chi connectivity index (χ2n) is 7.55. The average Bonchev–Trinajstić information content (AvgIpc) is 3.11. The van der Waals surface area contributed by atoms with Gasteiger partial charge in [-0.2, -0.15) is 0 Å². The summed E-state index contributed by atoms with van der Waals surface area (Å²) in [6.45, 7) is 3.67.